The van der Waals surface area contributed by atoms with Crippen LogP contribution in [0.5, 0.6) is 17.2 Å². The van der Waals surface area contributed by atoms with Crippen molar-refractivity contribution in [1.29, 1.82) is 0 Å². The number of hydrogen-bond donors (Lipinski definition) is 1. The van der Waals surface area contributed by atoms with Crippen LogP contribution in [-0.4, -0.2) is 26.2 Å². The van der Waals surface area contributed by atoms with Crippen LogP contribution in [0.3, 0.4) is 0 Å². The van der Waals surface area contributed by atoms with E-state index in [2.05, 4.69) is 10.1 Å². The third-order valence-corrected chi connectivity index (χ3v) is 3.28. The van der Waals surface area contributed by atoms with Crippen LogP contribution < -0.4 is 19.5 Å². The number of ether oxygens (including phenoxy) is 3. The lowest BCUT2D eigenvalue weighted by Crippen LogP contribution is -2.08. The maximum absolute atomic E-state index is 12.4. The van der Waals surface area contributed by atoms with Gasteiger partial charge in [-0.2, -0.15) is 8.78 Å². The molecule has 0 radical (unpaired) electrons. The van der Waals surface area contributed by atoms with Gasteiger partial charge in [0, 0.05) is 6.08 Å². The minimum absolute atomic E-state index is 0.0579. The van der Waals surface area contributed by atoms with Crippen LogP contribution in [0.2, 0.25) is 0 Å². The number of alkyl halides is 2. The van der Waals surface area contributed by atoms with Crippen LogP contribution in [-0.2, 0) is 4.79 Å². The molecule has 0 atom stereocenters. The molecule has 138 valence electrons. The molecule has 7 heteroatoms. The smallest absolute Gasteiger partial charge is 0.387 e. The summed E-state index contributed by atoms with van der Waals surface area (Å²) in [5.74, 6) is 0.305. The molecule has 1 N–H and O–H groups in total. The summed E-state index contributed by atoms with van der Waals surface area (Å²) in [7, 11) is 1.51. The van der Waals surface area contributed by atoms with Gasteiger partial charge >= 0.3 is 6.61 Å². The first-order chi connectivity index (χ1) is 12.5. The molecule has 0 bridgehead atoms. The molecular weight excluding hydrogens is 344 g/mol. The minimum atomic E-state index is -2.94. The number of amides is 1. The van der Waals surface area contributed by atoms with Crippen LogP contribution in [0.4, 0.5) is 14.5 Å². The predicted molar refractivity (Wildman–Crippen MR) is 94.9 cm³/mol. The first-order valence-corrected chi connectivity index (χ1v) is 7.87. The summed E-state index contributed by atoms with van der Waals surface area (Å²) < 4.78 is 39.7. The number of methoxy groups -OCH3 is 1. The van der Waals surface area contributed by atoms with Gasteiger partial charge in [-0.05, 0) is 42.8 Å². The zero-order valence-corrected chi connectivity index (χ0v) is 14.4. The third-order valence-electron chi connectivity index (χ3n) is 3.28. The highest BCUT2D eigenvalue weighted by atomic mass is 19.3. The lowest BCUT2D eigenvalue weighted by atomic mass is 10.2. The second-order valence-corrected chi connectivity index (χ2v) is 5.04. The Balaban J connectivity index is 2.11. The van der Waals surface area contributed by atoms with E-state index in [-0.39, 0.29) is 17.4 Å². The Hall–Kier alpha value is -3.09. The molecule has 0 aliphatic rings. The second kappa shape index (κ2) is 9.41. The van der Waals surface area contributed by atoms with Gasteiger partial charge in [-0.25, -0.2) is 0 Å². The number of anilines is 1. The number of benzene rings is 2. The van der Waals surface area contributed by atoms with E-state index < -0.39 is 6.61 Å². The van der Waals surface area contributed by atoms with Crippen molar-refractivity contribution in [3.63, 3.8) is 0 Å². The number of hydrogen-bond acceptors (Lipinski definition) is 4. The zero-order valence-electron chi connectivity index (χ0n) is 14.4. The molecule has 0 unspecified atom stereocenters. The van der Waals surface area contributed by atoms with Crippen LogP contribution >= 0.6 is 0 Å². The summed E-state index contributed by atoms with van der Waals surface area (Å²) >= 11 is 0. The molecule has 2 aromatic rings. The Bertz CT molecular complexity index is 778. The van der Waals surface area contributed by atoms with E-state index in [1.54, 1.807) is 43.3 Å². The Morgan fingerprint density at radius 2 is 1.92 bits per heavy atom. The van der Waals surface area contributed by atoms with Crippen molar-refractivity contribution in [2.24, 2.45) is 0 Å². The molecule has 26 heavy (non-hydrogen) atoms. The molecule has 0 aliphatic heterocycles. The molecule has 5 nitrogen and oxygen atoms in total. The number of carbonyl (C=O) groups is 1. The summed E-state index contributed by atoms with van der Waals surface area (Å²) in [6.07, 6.45) is 2.87. The number of rotatable bonds is 8. The van der Waals surface area contributed by atoms with Crippen molar-refractivity contribution in [2.45, 2.75) is 13.5 Å². The summed E-state index contributed by atoms with van der Waals surface area (Å²) in [6.45, 7) is -0.918. The Kier molecular flexibility index (Phi) is 6.96. The molecule has 0 saturated carbocycles. The van der Waals surface area contributed by atoms with Crippen LogP contribution in [0.15, 0.2) is 48.5 Å². The van der Waals surface area contributed by atoms with E-state index in [0.717, 1.165) is 0 Å². The van der Waals surface area contributed by atoms with Gasteiger partial charge in [-0.1, -0.05) is 18.2 Å². The third kappa shape index (κ3) is 5.47. The standard InChI is InChI=1S/C19H19F2NO4/c1-3-25-17-12-13(8-10-16(17)26-19(20)21)9-11-18(23)22-14-6-4-5-7-15(14)24-2/h4-12,19H,3H2,1-2H3,(H,22,23)/b11-9+. The Morgan fingerprint density at radius 3 is 2.62 bits per heavy atom. The van der Waals surface area contributed by atoms with Crippen molar-refractivity contribution in [3.8, 4) is 17.2 Å². The van der Waals surface area contributed by atoms with Crippen molar-refractivity contribution in [2.75, 3.05) is 19.0 Å². The summed E-state index contributed by atoms with van der Waals surface area (Å²) in [4.78, 5) is 12.1. The average Bonchev–Trinajstić information content (AvgIpc) is 2.62. The second-order valence-electron chi connectivity index (χ2n) is 5.04. The molecule has 0 heterocycles. The molecule has 1 amide bonds. The molecule has 0 fully saturated rings. The number of para-hydroxylation sites is 2. The molecule has 2 rings (SSSR count). The predicted octanol–water partition coefficient (Wildman–Crippen LogP) is 4.35. The fourth-order valence-corrected chi connectivity index (χ4v) is 2.18. The van der Waals surface area contributed by atoms with Crippen molar-refractivity contribution < 1.29 is 27.8 Å². The van der Waals surface area contributed by atoms with Crippen molar-refractivity contribution in [3.05, 3.63) is 54.1 Å². The van der Waals surface area contributed by atoms with E-state index in [4.69, 9.17) is 9.47 Å². The molecule has 0 spiro atoms. The minimum Gasteiger partial charge on any atom is -0.495 e. The average molecular weight is 363 g/mol. The fraction of sp³-hybridized carbons (Fsp3) is 0.211. The summed E-state index contributed by atoms with van der Waals surface area (Å²) in [6, 6.07) is 11.5. The van der Waals surface area contributed by atoms with Gasteiger partial charge in [0.05, 0.1) is 19.4 Å². The highest BCUT2D eigenvalue weighted by Gasteiger charge is 2.11. The van der Waals surface area contributed by atoms with E-state index >= 15 is 0 Å². The van der Waals surface area contributed by atoms with Crippen LogP contribution in [0.1, 0.15) is 12.5 Å². The van der Waals surface area contributed by atoms with E-state index in [9.17, 15) is 13.6 Å². The largest absolute Gasteiger partial charge is 0.495 e. The highest BCUT2D eigenvalue weighted by molar-refractivity contribution is 6.02. The van der Waals surface area contributed by atoms with Crippen LogP contribution in [0, 0.1) is 0 Å². The van der Waals surface area contributed by atoms with Gasteiger partial charge in [0.2, 0.25) is 5.91 Å². The summed E-state index contributed by atoms with van der Waals surface area (Å²) in [5.41, 5.74) is 1.14. The highest BCUT2D eigenvalue weighted by Crippen LogP contribution is 2.30. The van der Waals surface area contributed by atoms with Crippen molar-refractivity contribution >= 4 is 17.7 Å². The number of halogens is 2. The van der Waals surface area contributed by atoms with Gasteiger partial charge in [0.1, 0.15) is 5.75 Å². The maximum atomic E-state index is 12.4. The fourth-order valence-electron chi connectivity index (χ4n) is 2.18. The van der Waals surface area contributed by atoms with Gasteiger partial charge in [0.15, 0.2) is 11.5 Å². The lowest BCUT2D eigenvalue weighted by molar-refractivity contribution is -0.111. The number of nitrogens with one attached hydrogen (secondary N) is 1. The maximum Gasteiger partial charge on any atom is 0.387 e. The lowest BCUT2D eigenvalue weighted by Gasteiger charge is -2.11. The molecule has 0 aliphatic carbocycles. The van der Waals surface area contributed by atoms with E-state index in [1.165, 1.54) is 25.3 Å². The normalized spacial score (nSPS) is 10.8. The van der Waals surface area contributed by atoms with Gasteiger partial charge in [-0.3, -0.25) is 4.79 Å². The molecule has 0 aromatic heterocycles. The first kappa shape index (κ1) is 19.2. The van der Waals surface area contributed by atoms with Gasteiger partial charge in [0.25, 0.3) is 0 Å². The van der Waals surface area contributed by atoms with E-state index in [1.807, 2.05) is 0 Å². The Labute approximate surface area is 150 Å². The van der Waals surface area contributed by atoms with Crippen molar-refractivity contribution in [1.82, 2.24) is 0 Å². The van der Waals surface area contributed by atoms with Gasteiger partial charge < -0.3 is 19.5 Å². The SMILES string of the molecule is CCOc1cc(/C=C/C(=O)Nc2ccccc2OC)ccc1OC(F)F. The zero-order chi connectivity index (χ0) is 18.9. The first-order valence-electron chi connectivity index (χ1n) is 7.87. The van der Waals surface area contributed by atoms with E-state index in [0.29, 0.717) is 23.6 Å². The van der Waals surface area contributed by atoms with Gasteiger partial charge in [-0.15, -0.1) is 0 Å². The molecule has 2 aromatic carbocycles. The topological polar surface area (TPSA) is 56.8 Å². The monoisotopic (exact) mass is 363 g/mol. The Morgan fingerprint density at radius 1 is 1.15 bits per heavy atom. The van der Waals surface area contributed by atoms with Crippen LogP contribution in [0.25, 0.3) is 6.08 Å². The quantitative estimate of drug-likeness (QED) is 0.709. The summed E-state index contributed by atoms with van der Waals surface area (Å²) in [5, 5.41) is 2.70. The molecule has 0 saturated heterocycles. The number of carbonyl (C=O) groups excluding carboxylic acids is 1. The molecular formula is C19H19F2NO4.